The Morgan fingerprint density at radius 1 is 1.00 bits per heavy atom. The van der Waals surface area contributed by atoms with Gasteiger partial charge in [0.2, 0.25) is 5.95 Å². The maximum Gasteiger partial charge on any atom is 0.338 e. The molecule has 0 atom stereocenters. The van der Waals surface area contributed by atoms with Crippen LogP contribution in [0.1, 0.15) is 6.42 Å². The van der Waals surface area contributed by atoms with Crippen molar-refractivity contribution in [2.75, 3.05) is 56.1 Å². The quantitative estimate of drug-likeness (QED) is 0.643. The first-order chi connectivity index (χ1) is 14.8. The van der Waals surface area contributed by atoms with Crippen molar-refractivity contribution in [1.29, 1.82) is 0 Å². The van der Waals surface area contributed by atoms with Gasteiger partial charge in [0.15, 0.2) is 0 Å². The van der Waals surface area contributed by atoms with Gasteiger partial charge < -0.3 is 4.90 Å². The number of aromatic nitrogens is 2. The molecule has 0 aliphatic carbocycles. The molecule has 1 aromatic heterocycles. The fourth-order valence-electron chi connectivity index (χ4n) is 3.76. The molecule has 31 heavy (non-hydrogen) atoms. The standard InChI is InChI=1S/C19H22Cl2N6O3S/c1-24-16-12-14(20)15(21)13-17(16)31(29,30)27(19(24)28)7-3-6-25-8-10-26(11-9-25)18-22-4-2-5-23-18/h2,4-5,12-13H,3,6-11H2,1H3. The highest BCUT2D eigenvalue weighted by Gasteiger charge is 2.40. The summed E-state index contributed by atoms with van der Waals surface area (Å²) in [6.45, 7) is 3.99. The number of fused-ring (bicyclic) bond motifs is 1. The van der Waals surface area contributed by atoms with Crippen LogP contribution in [0.3, 0.4) is 0 Å². The third kappa shape index (κ3) is 4.30. The largest absolute Gasteiger partial charge is 0.338 e. The first kappa shape index (κ1) is 22.1. The smallest absolute Gasteiger partial charge is 0.338 e. The predicted octanol–water partition coefficient (Wildman–Crippen LogP) is 2.56. The molecule has 0 unspecified atom stereocenters. The number of amides is 2. The van der Waals surface area contributed by atoms with Gasteiger partial charge in [0.05, 0.1) is 15.7 Å². The summed E-state index contributed by atoms with van der Waals surface area (Å²) in [5, 5.41) is 0.329. The summed E-state index contributed by atoms with van der Waals surface area (Å²) in [5.74, 6) is 0.715. The molecular formula is C19H22Cl2N6O3S. The van der Waals surface area contributed by atoms with E-state index in [1.807, 2.05) is 0 Å². The third-order valence-electron chi connectivity index (χ3n) is 5.47. The van der Waals surface area contributed by atoms with E-state index in [1.54, 1.807) is 18.5 Å². The number of anilines is 2. The molecule has 2 aromatic rings. The van der Waals surface area contributed by atoms with Crippen molar-refractivity contribution in [3.8, 4) is 0 Å². The Morgan fingerprint density at radius 3 is 2.32 bits per heavy atom. The van der Waals surface area contributed by atoms with Crippen molar-refractivity contribution >= 4 is 50.9 Å². The monoisotopic (exact) mass is 484 g/mol. The summed E-state index contributed by atoms with van der Waals surface area (Å²) in [7, 11) is -2.47. The Bertz CT molecular complexity index is 1080. The van der Waals surface area contributed by atoms with E-state index in [4.69, 9.17) is 23.2 Å². The lowest BCUT2D eigenvalue weighted by molar-refractivity contribution is 0.221. The van der Waals surface area contributed by atoms with Gasteiger partial charge in [-0.15, -0.1) is 0 Å². The molecule has 166 valence electrons. The molecule has 1 fully saturated rings. The Morgan fingerprint density at radius 2 is 1.65 bits per heavy atom. The molecular weight excluding hydrogens is 463 g/mol. The molecule has 0 radical (unpaired) electrons. The Hall–Kier alpha value is -2.14. The average Bonchev–Trinajstić information content (AvgIpc) is 2.77. The minimum atomic E-state index is -4.00. The molecule has 3 heterocycles. The van der Waals surface area contributed by atoms with Crippen LogP contribution in [0.15, 0.2) is 35.5 Å². The van der Waals surface area contributed by atoms with E-state index in [0.29, 0.717) is 18.9 Å². The third-order valence-corrected chi connectivity index (χ3v) is 8.00. The maximum absolute atomic E-state index is 13.0. The van der Waals surface area contributed by atoms with Gasteiger partial charge in [-0.25, -0.2) is 27.5 Å². The molecule has 1 saturated heterocycles. The summed E-state index contributed by atoms with van der Waals surface area (Å²) >= 11 is 12.0. The molecule has 2 amide bonds. The number of halogens is 2. The minimum Gasteiger partial charge on any atom is -0.338 e. The SMILES string of the molecule is CN1C(=O)N(CCCN2CCN(c3ncccn3)CC2)S(=O)(=O)c2cc(Cl)c(Cl)cc21. The van der Waals surface area contributed by atoms with E-state index in [0.717, 1.165) is 30.5 Å². The van der Waals surface area contributed by atoms with Gasteiger partial charge in [0.25, 0.3) is 10.0 Å². The molecule has 0 saturated carbocycles. The number of sulfonamides is 1. The lowest BCUT2D eigenvalue weighted by Crippen LogP contribution is -2.50. The molecule has 0 spiro atoms. The van der Waals surface area contributed by atoms with Gasteiger partial charge in [-0.1, -0.05) is 23.2 Å². The van der Waals surface area contributed by atoms with Gasteiger partial charge in [0.1, 0.15) is 4.90 Å². The van der Waals surface area contributed by atoms with Crippen LogP contribution in [-0.2, 0) is 10.0 Å². The second-order valence-corrected chi connectivity index (χ2v) is 10.0. The van der Waals surface area contributed by atoms with Gasteiger partial charge in [-0.05, 0) is 24.6 Å². The molecule has 9 nitrogen and oxygen atoms in total. The van der Waals surface area contributed by atoms with Crippen LogP contribution in [0.4, 0.5) is 16.4 Å². The van der Waals surface area contributed by atoms with E-state index in [1.165, 1.54) is 24.1 Å². The number of piperazine rings is 1. The van der Waals surface area contributed by atoms with Crippen molar-refractivity contribution < 1.29 is 13.2 Å². The lowest BCUT2D eigenvalue weighted by Gasteiger charge is -2.36. The van der Waals surface area contributed by atoms with E-state index in [9.17, 15) is 13.2 Å². The first-order valence-electron chi connectivity index (χ1n) is 9.83. The van der Waals surface area contributed by atoms with Crippen LogP contribution in [0.25, 0.3) is 0 Å². The number of rotatable bonds is 5. The zero-order chi connectivity index (χ0) is 22.2. The second-order valence-electron chi connectivity index (χ2n) is 7.38. The van der Waals surface area contributed by atoms with Gasteiger partial charge in [0, 0.05) is 58.7 Å². The summed E-state index contributed by atoms with van der Waals surface area (Å²) in [6, 6.07) is 3.89. The van der Waals surface area contributed by atoms with Crippen LogP contribution in [0, 0.1) is 0 Å². The molecule has 12 heteroatoms. The molecule has 2 aliphatic rings. The van der Waals surface area contributed by atoms with Crippen LogP contribution in [-0.4, -0.2) is 79.9 Å². The van der Waals surface area contributed by atoms with Crippen molar-refractivity contribution in [1.82, 2.24) is 19.2 Å². The van der Waals surface area contributed by atoms with E-state index < -0.39 is 16.1 Å². The molecule has 4 rings (SSSR count). The number of hydrogen-bond donors (Lipinski definition) is 0. The van der Waals surface area contributed by atoms with E-state index in [-0.39, 0.29) is 27.2 Å². The van der Waals surface area contributed by atoms with Crippen LogP contribution in [0.5, 0.6) is 0 Å². The van der Waals surface area contributed by atoms with Crippen LogP contribution >= 0.6 is 23.2 Å². The highest BCUT2D eigenvalue weighted by molar-refractivity contribution is 7.90. The number of nitrogens with zero attached hydrogens (tertiary/aromatic N) is 6. The number of hydrogen-bond acceptors (Lipinski definition) is 7. The summed E-state index contributed by atoms with van der Waals surface area (Å²) in [6.07, 6.45) is 3.97. The Balaban J connectivity index is 1.38. The van der Waals surface area contributed by atoms with Crippen molar-refractivity contribution in [2.24, 2.45) is 0 Å². The Labute approximate surface area is 191 Å². The molecule has 0 bridgehead atoms. The van der Waals surface area contributed by atoms with E-state index >= 15 is 0 Å². The summed E-state index contributed by atoms with van der Waals surface area (Å²) < 4.78 is 27.0. The minimum absolute atomic E-state index is 0.0134. The van der Waals surface area contributed by atoms with Crippen LogP contribution in [0.2, 0.25) is 10.0 Å². The van der Waals surface area contributed by atoms with Gasteiger partial charge >= 0.3 is 6.03 Å². The highest BCUT2D eigenvalue weighted by atomic mass is 35.5. The molecule has 2 aliphatic heterocycles. The van der Waals surface area contributed by atoms with Crippen molar-refractivity contribution in [3.63, 3.8) is 0 Å². The first-order valence-corrected chi connectivity index (χ1v) is 12.0. The number of carbonyl (C=O) groups is 1. The maximum atomic E-state index is 13.0. The zero-order valence-electron chi connectivity index (χ0n) is 16.9. The average molecular weight is 485 g/mol. The van der Waals surface area contributed by atoms with E-state index in [2.05, 4.69) is 19.8 Å². The highest BCUT2D eigenvalue weighted by Crippen LogP contribution is 2.38. The fraction of sp³-hybridized carbons (Fsp3) is 0.421. The summed E-state index contributed by atoms with van der Waals surface area (Å²) in [5.41, 5.74) is 0.231. The van der Waals surface area contributed by atoms with Gasteiger partial charge in [-0.3, -0.25) is 9.80 Å². The van der Waals surface area contributed by atoms with Gasteiger partial charge in [-0.2, -0.15) is 0 Å². The molecule has 1 aromatic carbocycles. The second kappa shape index (κ2) is 8.78. The zero-order valence-corrected chi connectivity index (χ0v) is 19.2. The summed E-state index contributed by atoms with van der Waals surface area (Å²) in [4.78, 5) is 26.9. The number of urea groups is 1. The topological polar surface area (TPSA) is 90.0 Å². The van der Waals surface area contributed by atoms with Crippen LogP contribution < -0.4 is 9.80 Å². The predicted molar refractivity (Wildman–Crippen MR) is 119 cm³/mol. The van der Waals surface area contributed by atoms with Crippen molar-refractivity contribution in [2.45, 2.75) is 11.3 Å². The number of benzene rings is 1. The van der Waals surface area contributed by atoms with Crippen molar-refractivity contribution in [3.05, 3.63) is 40.6 Å². The molecule has 0 N–H and O–H groups in total. The fourth-order valence-corrected chi connectivity index (χ4v) is 5.81. The lowest BCUT2D eigenvalue weighted by atomic mass is 10.3. The normalized spacial score (nSPS) is 18.9. The number of carbonyl (C=O) groups excluding carboxylic acids is 1. The Kier molecular flexibility index (Phi) is 6.25.